The topological polar surface area (TPSA) is 80.1 Å². The number of rotatable bonds is 5. The molecule has 2 aromatic rings. The molecular weight excluding hydrogens is 234 g/mol. The van der Waals surface area contributed by atoms with Crippen molar-refractivity contribution < 1.29 is 9.84 Å². The molecule has 0 spiro atoms. The van der Waals surface area contributed by atoms with E-state index in [1.165, 1.54) is 4.57 Å². The number of aromatic amines is 1. The lowest BCUT2D eigenvalue weighted by atomic mass is 10.2. The van der Waals surface area contributed by atoms with E-state index in [1.54, 1.807) is 31.4 Å². The van der Waals surface area contributed by atoms with Gasteiger partial charge in [0, 0.05) is 13.0 Å². The third kappa shape index (κ3) is 2.43. The minimum atomic E-state index is -0.284. The Hall–Kier alpha value is -2.08. The molecule has 2 N–H and O–H groups in total. The molecule has 0 unspecified atom stereocenters. The summed E-state index contributed by atoms with van der Waals surface area (Å²) >= 11 is 0. The van der Waals surface area contributed by atoms with Crippen molar-refractivity contribution in [3.8, 4) is 11.4 Å². The standard InChI is InChI=1S/C12H15N3O3/c1-18-10-6-4-9(5-7-10)15-11(3-2-8-16)13-14-12(15)17/h4-7,16H,2-3,8H2,1H3,(H,14,17). The number of H-pyrrole nitrogens is 1. The fourth-order valence-corrected chi connectivity index (χ4v) is 1.73. The molecule has 6 heteroatoms. The van der Waals surface area contributed by atoms with Gasteiger partial charge in [-0.1, -0.05) is 0 Å². The van der Waals surface area contributed by atoms with Gasteiger partial charge in [0.1, 0.15) is 11.6 Å². The highest BCUT2D eigenvalue weighted by Gasteiger charge is 2.09. The van der Waals surface area contributed by atoms with Crippen LogP contribution in [-0.4, -0.2) is 33.6 Å². The Bertz CT molecular complexity index is 557. The molecule has 0 aliphatic carbocycles. The predicted octanol–water partition coefficient (Wildman–Crippen LogP) is 0.494. The van der Waals surface area contributed by atoms with Crippen molar-refractivity contribution in [3.63, 3.8) is 0 Å². The van der Waals surface area contributed by atoms with Crippen LogP contribution in [0.4, 0.5) is 0 Å². The molecule has 0 amide bonds. The Morgan fingerprint density at radius 3 is 2.72 bits per heavy atom. The Labute approximate surface area is 104 Å². The first-order valence-electron chi connectivity index (χ1n) is 5.68. The number of ether oxygens (including phenoxy) is 1. The number of aryl methyl sites for hydroxylation is 1. The van der Waals surface area contributed by atoms with E-state index in [4.69, 9.17) is 9.84 Å². The lowest BCUT2D eigenvalue weighted by Crippen LogP contribution is -2.17. The zero-order valence-electron chi connectivity index (χ0n) is 10.1. The van der Waals surface area contributed by atoms with Crippen LogP contribution >= 0.6 is 0 Å². The highest BCUT2D eigenvalue weighted by Crippen LogP contribution is 2.14. The van der Waals surface area contributed by atoms with Crippen molar-refractivity contribution in [2.45, 2.75) is 12.8 Å². The molecule has 1 heterocycles. The molecular formula is C12H15N3O3. The van der Waals surface area contributed by atoms with Gasteiger partial charge in [0.15, 0.2) is 0 Å². The average molecular weight is 249 g/mol. The Morgan fingerprint density at radius 2 is 2.11 bits per heavy atom. The normalized spacial score (nSPS) is 10.6. The van der Waals surface area contributed by atoms with E-state index < -0.39 is 0 Å². The second-order valence-electron chi connectivity index (χ2n) is 3.81. The number of aliphatic hydroxyl groups is 1. The second-order valence-corrected chi connectivity index (χ2v) is 3.81. The van der Waals surface area contributed by atoms with Crippen LogP contribution in [0.1, 0.15) is 12.2 Å². The molecule has 1 aromatic heterocycles. The average Bonchev–Trinajstić information content (AvgIpc) is 2.77. The van der Waals surface area contributed by atoms with E-state index >= 15 is 0 Å². The number of methoxy groups -OCH3 is 1. The first kappa shape index (κ1) is 12.4. The number of benzene rings is 1. The minimum Gasteiger partial charge on any atom is -0.497 e. The predicted molar refractivity (Wildman–Crippen MR) is 66.1 cm³/mol. The van der Waals surface area contributed by atoms with E-state index in [2.05, 4.69) is 10.2 Å². The maximum absolute atomic E-state index is 11.7. The van der Waals surface area contributed by atoms with E-state index in [-0.39, 0.29) is 12.3 Å². The van der Waals surface area contributed by atoms with Crippen LogP contribution in [0.15, 0.2) is 29.1 Å². The summed E-state index contributed by atoms with van der Waals surface area (Å²) in [6, 6.07) is 7.14. The SMILES string of the molecule is COc1ccc(-n2c(CCCO)n[nH]c2=O)cc1. The number of aliphatic hydroxyl groups excluding tert-OH is 1. The van der Waals surface area contributed by atoms with Gasteiger partial charge < -0.3 is 9.84 Å². The summed E-state index contributed by atoms with van der Waals surface area (Å²) in [6.07, 6.45) is 1.11. The number of hydrogen-bond acceptors (Lipinski definition) is 4. The smallest absolute Gasteiger partial charge is 0.347 e. The zero-order valence-corrected chi connectivity index (χ0v) is 10.1. The lowest BCUT2D eigenvalue weighted by Gasteiger charge is -2.06. The van der Waals surface area contributed by atoms with Gasteiger partial charge in [0.25, 0.3) is 0 Å². The van der Waals surface area contributed by atoms with Crippen molar-refractivity contribution in [2.75, 3.05) is 13.7 Å². The zero-order chi connectivity index (χ0) is 13.0. The second kappa shape index (κ2) is 5.50. The number of nitrogens with zero attached hydrogens (tertiary/aromatic N) is 2. The summed E-state index contributed by atoms with van der Waals surface area (Å²) in [6.45, 7) is 0.0731. The van der Waals surface area contributed by atoms with E-state index in [9.17, 15) is 4.79 Å². The molecule has 0 atom stereocenters. The van der Waals surface area contributed by atoms with Gasteiger partial charge in [0.05, 0.1) is 12.8 Å². The van der Waals surface area contributed by atoms with Crippen LogP contribution in [0.2, 0.25) is 0 Å². The monoisotopic (exact) mass is 249 g/mol. The first-order valence-corrected chi connectivity index (χ1v) is 5.68. The molecule has 0 radical (unpaired) electrons. The molecule has 1 aromatic carbocycles. The van der Waals surface area contributed by atoms with Gasteiger partial charge in [-0.25, -0.2) is 14.5 Å². The Kier molecular flexibility index (Phi) is 3.78. The summed E-state index contributed by atoms with van der Waals surface area (Å²) in [5.74, 6) is 1.34. The third-order valence-electron chi connectivity index (χ3n) is 2.63. The maximum Gasteiger partial charge on any atom is 0.347 e. The van der Waals surface area contributed by atoms with Crippen molar-refractivity contribution in [2.24, 2.45) is 0 Å². The quantitative estimate of drug-likeness (QED) is 0.808. The van der Waals surface area contributed by atoms with Crippen LogP contribution < -0.4 is 10.4 Å². The molecule has 0 saturated heterocycles. The van der Waals surface area contributed by atoms with Crippen molar-refractivity contribution in [1.82, 2.24) is 14.8 Å². The molecule has 6 nitrogen and oxygen atoms in total. The molecule has 0 aliphatic heterocycles. The molecule has 0 fully saturated rings. The largest absolute Gasteiger partial charge is 0.497 e. The number of aromatic nitrogens is 3. The van der Waals surface area contributed by atoms with Gasteiger partial charge in [-0.2, -0.15) is 5.10 Å². The van der Waals surface area contributed by atoms with E-state index in [0.29, 0.717) is 18.7 Å². The summed E-state index contributed by atoms with van der Waals surface area (Å²) in [4.78, 5) is 11.7. The fourth-order valence-electron chi connectivity index (χ4n) is 1.73. The number of hydrogen-bond donors (Lipinski definition) is 2. The van der Waals surface area contributed by atoms with Crippen molar-refractivity contribution in [1.29, 1.82) is 0 Å². The summed E-state index contributed by atoms with van der Waals surface area (Å²) < 4.78 is 6.56. The van der Waals surface area contributed by atoms with Crippen LogP contribution in [0.25, 0.3) is 5.69 Å². The van der Waals surface area contributed by atoms with Gasteiger partial charge in [-0.3, -0.25) is 0 Å². The third-order valence-corrected chi connectivity index (χ3v) is 2.63. The molecule has 2 rings (SSSR count). The van der Waals surface area contributed by atoms with Gasteiger partial charge in [-0.05, 0) is 30.7 Å². The van der Waals surface area contributed by atoms with Crippen LogP contribution in [-0.2, 0) is 6.42 Å². The van der Waals surface area contributed by atoms with Crippen molar-refractivity contribution in [3.05, 3.63) is 40.6 Å². The van der Waals surface area contributed by atoms with Crippen LogP contribution in [0, 0.1) is 0 Å². The maximum atomic E-state index is 11.7. The summed E-state index contributed by atoms with van der Waals surface area (Å²) in [5.41, 5.74) is 0.440. The van der Waals surface area contributed by atoms with Gasteiger partial charge in [-0.15, -0.1) is 0 Å². The molecule has 0 bridgehead atoms. The molecule has 0 aliphatic rings. The molecule has 0 saturated carbocycles. The number of nitrogens with one attached hydrogen (secondary N) is 1. The van der Waals surface area contributed by atoms with Gasteiger partial charge >= 0.3 is 5.69 Å². The van der Waals surface area contributed by atoms with E-state index in [0.717, 1.165) is 11.4 Å². The Morgan fingerprint density at radius 1 is 1.39 bits per heavy atom. The lowest BCUT2D eigenvalue weighted by molar-refractivity contribution is 0.287. The van der Waals surface area contributed by atoms with E-state index in [1.807, 2.05) is 0 Å². The van der Waals surface area contributed by atoms with Crippen molar-refractivity contribution >= 4 is 0 Å². The summed E-state index contributed by atoms with van der Waals surface area (Å²) in [5, 5.41) is 15.2. The molecule has 96 valence electrons. The minimum absolute atomic E-state index is 0.0731. The van der Waals surface area contributed by atoms with Crippen LogP contribution in [0.5, 0.6) is 5.75 Å². The Balaban J connectivity index is 2.36. The van der Waals surface area contributed by atoms with Crippen LogP contribution in [0.3, 0.4) is 0 Å². The van der Waals surface area contributed by atoms with Gasteiger partial charge in [0.2, 0.25) is 0 Å². The molecule has 18 heavy (non-hydrogen) atoms. The first-order chi connectivity index (χ1) is 8.76. The fraction of sp³-hybridized carbons (Fsp3) is 0.333. The highest BCUT2D eigenvalue weighted by molar-refractivity contribution is 5.37. The summed E-state index contributed by atoms with van der Waals surface area (Å²) in [7, 11) is 1.59. The highest BCUT2D eigenvalue weighted by atomic mass is 16.5.